The van der Waals surface area contributed by atoms with E-state index >= 15 is 0 Å². The fraction of sp³-hybridized carbons (Fsp3) is 0.167. The number of anilines is 1. The molecule has 7 nitrogen and oxygen atoms in total. The Balaban J connectivity index is 2.04. The van der Waals surface area contributed by atoms with Crippen molar-refractivity contribution in [1.29, 1.82) is 5.41 Å². The zero-order chi connectivity index (χ0) is 20.7. The van der Waals surface area contributed by atoms with E-state index in [0.29, 0.717) is 23.8 Å². The van der Waals surface area contributed by atoms with Crippen molar-refractivity contribution in [1.82, 2.24) is 16.0 Å². The average Bonchev–Trinajstić information content (AvgIpc) is 2.60. The van der Waals surface area contributed by atoms with Gasteiger partial charge in [0.1, 0.15) is 11.7 Å². The number of rotatable bonds is 5. The van der Waals surface area contributed by atoms with Crippen molar-refractivity contribution in [3.05, 3.63) is 66.3 Å². The first-order chi connectivity index (χ1) is 13.2. The number of aliphatic imine (C=N–C) groups is 1. The van der Waals surface area contributed by atoms with Gasteiger partial charge >= 0.3 is 12.2 Å². The van der Waals surface area contributed by atoms with Crippen LogP contribution in [0.2, 0.25) is 0 Å². The maximum atomic E-state index is 12.8. The van der Waals surface area contributed by atoms with Gasteiger partial charge in [-0.15, -0.1) is 0 Å². The Morgan fingerprint density at radius 2 is 2.14 bits per heavy atom. The van der Waals surface area contributed by atoms with Gasteiger partial charge in [-0.25, -0.2) is 4.79 Å². The molecular weight excluding hydrogens is 373 g/mol. The van der Waals surface area contributed by atoms with Crippen molar-refractivity contribution in [3.63, 3.8) is 0 Å². The zero-order valence-electron chi connectivity index (χ0n) is 14.9. The molecule has 0 radical (unpaired) electrons. The molecular formula is C18H19F3N6O. The minimum absolute atomic E-state index is 0.140. The third-order valence-electron chi connectivity index (χ3n) is 3.39. The van der Waals surface area contributed by atoms with Crippen LogP contribution in [0.15, 0.2) is 65.7 Å². The number of allylic oxidation sites excluding steroid dienone is 1. The van der Waals surface area contributed by atoms with Crippen LogP contribution in [0.25, 0.3) is 0 Å². The summed E-state index contributed by atoms with van der Waals surface area (Å²) in [7, 11) is 0. The van der Waals surface area contributed by atoms with E-state index in [1.807, 2.05) is 0 Å². The van der Waals surface area contributed by atoms with Crippen molar-refractivity contribution in [2.24, 2.45) is 4.99 Å². The Bertz CT molecular complexity index is 870. The smallest absolute Gasteiger partial charge is 0.340 e. The predicted octanol–water partition coefficient (Wildman–Crippen LogP) is 3.33. The van der Waals surface area contributed by atoms with Gasteiger partial charge in [-0.2, -0.15) is 13.2 Å². The molecule has 0 saturated heterocycles. The number of amidine groups is 1. The number of carbonyl (C=O) groups is 1. The number of nitrogens with one attached hydrogen (secondary N) is 5. The van der Waals surface area contributed by atoms with Crippen LogP contribution in [-0.2, 0) is 6.18 Å². The van der Waals surface area contributed by atoms with E-state index in [1.54, 1.807) is 6.92 Å². The van der Waals surface area contributed by atoms with E-state index in [9.17, 15) is 18.0 Å². The Hall–Kier alpha value is -3.56. The molecule has 2 amide bonds. The lowest BCUT2D eigenvalue weighted by Gasteiger charge is -2.19. The predicted molar refractivity (Wildman–Crippen MR) is 102 cm³/mol. The van der Waals surface area contributed by atoms with Crippen LogP contribution >= 0.6 is 0 Å². The fourth-order valence-corrected chi connectivity index (χ4v) is 2.14. The molecule has 0 atom stereocenters. The molecule has 28 heavy (non-hydrogen) atoms. The Kier molecular flexibility index (Phi) is 6.59. The standard InChI is InChI=1S/C18H19F3N6O/c1-3-23-17(28)27-15(22)8-7-14-11(2)25-16(10-24-14)26-13-6-4-5-12(9-13)18(19,20)21/h4-10,25-26H,2-3H2,1H3,(H3,22,23,27,28). The molecule has 0 saturated carbocycles. The maximum Gasteiger partial charge on any atom is 0.416 e. The molecule has 1 aliphatic heterocycles. The third-order valence-corrected chi connectivity index (χ3v) is 3.39. The van der Waals surface area contributed by atoms with Gasteiger partial charge in [-0.05, 0) is 37.3 Å². The summed E-state index contributed by atoms with van der Waals surface area (Å²) in [5.41, 5.74) is 0.248. The van der Waals surface area contributed by atoms with Crippen LogP contribution in [0, 0.1) is 5.41 Å². The lowest BCUT2D eigenvalue weighted by Crippen LogP contribution is -2.38. The second-order valence-corrected chi connectivity index (χ2v) is 5.60. The van der Waals surface area contributed by atoms with Gasteiger partial charge in [0.05, 0.1) is 23.2 Å². The number of halogens is 3. The molecule has 148 valence electrons. The van der Waals surface area contributed by atoms with Crippen molar-refractivity contribution < 1.29 is 18.0 Å². The van der Waals surface area contributed by atoms with Crippen LogP contribution in [0.3, 0.4) is 0 Å². The average molecular weight is 392 g/mol. The molecule has 1 heterocycles. The highest BCUT2D eigenvalue weighted by molar-refractivity contribution is 6.12. The molecule has 5 N–H and O–H groups in total. The highest BCUT2D eigenvalue weighted by Crippen LogP contribution is 2.30. The van der Waals surface area contributed by atoms with Gasteiger partial charge in [0.25, 0.3) is 0 Å². The SMILES string of the molecule is C=C1NC(Nc2cccc(C(F)(F)F)c2)=CN=C1C=CC(=N)NC(=O)NCC. The summed E-state index contributed by atoms with van der Waals surface area (Å²) in [6.07, 6.45) is -0.241. The van der Waals surface area contributed by atoms with E-state index in [2.05, 4.69) is 32.8 Å². The summed E-state index contributed by atoms with van der Waals surface area (Å²) in [6.45, 7) is 5.97. The number of alkyl halides is 3. The van der Waals surface area contributed by atoms with Crippen molar-refractivity contribution in [2.45, 2.75) is 13.1 Å². The van der Waals surface area contributed by atoms with Crippen molar-refractivity contribution >= 4 is 23.3 Å². The quantitative estimate of drug-likeness (QED) is 0.392. The molecule has 0 aromatic heterocycles. The molecule has 10 heteroatoms. The van der Waals surface area contributed by atoms with Crippen LogP contribution in [0.4, 0.5) is 23.7 Å². The summed E-state index contributed by atoms with van der Waals surface area (Å²) >= 11 is 0. The highest BCUT2D eigenvalue weighted by atomic mass is 19.4. The Morgan fingerprint density at radius 1 is 1.39 bits per heavy atom. The van der Waals surface area contributed by atoms with Gasteiger partial charge in [0.2, 0.25) is 0 Å². The van der Waals surface area contributed by atoms with Crippen LogP contribution in [0.1, 0.15) is 12.5 Å². The van der Waals surface area contributed by atoms with E-state index in [4.69, 9.17) is 5.41 Å². The van der Waals surface area contributed by atoms with Crippen molar-refractivity contribution in [3.8, 4) is 0 Å². The molecule has 0 spiro atoms. The normalized spacial score (nSPS) is 14.1. The Morgan fingerprint density at radius 3 is 2.79 bits per heavy atom. The van der Waals surface area contributed by atoms with Gasteiger partial charge in [-0.1, -0.05) is 12.6 Å². The van der Waals surface area contributed by atoms with E-state index in [-0.39, 0.29) is 11.5 Å². The summed E-state index contributed by atoms with van der Waals surface area (Å²) in [6, 6.07) is 4.27. The first-order valence-electron chi connectivity index (χ1n) is 8.19. The first-order valence-corrected chi connectivity index (χ1v) is 8.19. The molecule has 1 aliphatic rings. The largest absolute Gasteiger partial charge is 0.416 e. The highest BCUT2D eigenvalue weighted by Gasteiger charge is 2.30. The van der Waals surface area contributed by atoms with E-state index < -0.39 is 17.8 Å². The van der Waals surface area contributed by atoms with E-state index in [1.165, 1.54) is 30.5 Å². The van der Waals surface area contributed by atoms with Crippen LogP contribution in [-0.4, -0.2) is 24.1 Å². The summed E-state index contributed by atoms with van der Waals surface area (Å²) < 4.78 is 38.3. The number of hydrogen-bond donors (Lipinski definition) is 5. The number of benzene rings is 1. The fourth-order valence-electron chi connectivity index (χ4n) is 2.14. The van der Waals surface area contributed by atoms with Crippen LogP contribution in [0.5, 0.6) is 0 Å². The minimum atomic E-state index is -4.43. The lowest BCUT2D eigenvalue weighted by molar-refractivity contribution is -0.137. The second kappa shape index (κ2) is 8.89. The number of nitrogens with zero attached hydrogens (tertiary/aromatic N) is 1. The Labute approximate surface area is 159 Å². The van der Waals surface area contributed by atoms with Gasteiger partial charge in [0.15, 0.2) is 0 Å². The van der Waals surface area contributed by atoms with Gasteiger partial charge < -0.3 is 16.0 Å². The molecule has 0 bridgehead atoms. The second-order valence-electron chi connectivity index (χ2n) is 5.60. The van der Waals surface area contributed by atoms with E-state index in [0.717, 1.165) is 12.1 Å². The summed E-state index contributed by atoms with van der Waals surface area (Å²) in [5.74, 6) is 0.204. The zero-order valence-corrected chi connectivity index (χ0v) is 14.9. The molecule has 1 aromatic rings. The number of hydrogen-bond acceptors (Lipinski definition) is 5. The molecule has 1 aromatic carbocycles. The third kappa shape index (κ3) is 6.01. The summed E-state index contributed by atoms with van der Waals surface area (Å²) in [4.78, 5) is 15.5. The molecule has 2 rings (SSSR count). The molecule has 0 unspecified atom stereocenters. The van der Waals surface area contributed by atoms with Crippen molar-refractivity contribution in [2.75, 3.05) is 11.9 Å². The van der Waals surface area contributed by atoms with Crippen LogP contribution < -0.4 is 21.3 Å². The monoisotopic (exact) mass is 392 g/mol. The molecule has 0 fully saturated rings. The number of carbonyl (C=O) groups excluding carboxylic acids is 1. The topological polar surface area (TPSA) is 101 Å². The maximum absolute atomic E-state index is 12.8. The molecule has 0 aliphatic carbocycles. The number of amides is 2. The lowest BCUT2D eigenvalue weighted by atomic mass is 10.2. The van der Waals surface area contributed by atoms with Gasteiger partial charge in [-0.3, -0.25) is 15.7 Å². The number of urea groups is 1. The first kappa shape index (κ1) is 20.7. The minimum Gasteiger partial charge on any atom is -0.340 e. The van der Waals surface area contributed by atoms with Gasteiger partial charge in [0, 0.05) is 12.2 Å². The summed E-state index contributed by atoms with van der Waals surface area (Å²) in [5, 5.41) is 18.1.